The number of benzene rings is 2. The largest absolute Gasteiger partial charge is 0.457 e. The van der Waals surface area contributed by atoms with E-state index in [4.69, 9.17) is 20.9 Å². The molecule has 2 aromatic carbocycles. The summed E-state index contributed by atoms with van der Waals surface area (Å²) < 4.78 is 11.7. The van der Waals surface area contributed by atoms with Gasteiger partial charge in [-0.2, -0.15) is 0 Å². The average molecular weight is 427 g/mol. The van der Waals surface area contributed by atoms with Gasteiger partial charge in [0.2, 0.25) is 12.4 Å². The van der Waals surface area contributed by atoms with Crippen LogP contribution < -0.4 is 26.2 Å². The minimum absolute atomic E-state index is 0.443. The first-order valence-corrected chi connectivity index (χ1v) is 13.8. The molecule has 0 heterocycles. The van der Waals surface area contributed by atoms with Gasteiger partial charge in [-0.25, -0.2) is 4.99 Å². The predicted molar refractivity (Wildman–Crippen MR) is 127 cm³/mol. The molecule has 0 unspecified atom stereocenters. The topological polar surface area (TPSA) is 98.4 Å². The maximum atomic E-state index is 5.97. The van der Waals surface area contributed by atoms with Gasteiger partial charge in [0, 0.05) is 31.6 Å². The number of ether oxygens (including phenoxy) is 2. The molecular formula is C23H34N4O2Si+2. The predicted octanol–water partition coefficient (Wildman–Crippen LogP) is 0.845. The molecule has 0 spiro atoms. The number of hydrogen-bond acceptors (Lipinski definition) is 4. The van der Waals surface area contributed by atoms with Crippen LogP contribution in [0, 0.1) is 0 Å². The number of rotatable bonds is 10. The van der Waals surface area contributed by atoms with Crippen molar-refractivity contribution in [2.45, 2.75) is 25.7 Å². The molecule has 0 amide bonds. The van der Waals surface area contributed by atoms with Crippen LogP contribution in [0.4, 0.5) is 5.69 Å². The first kappa shape index (κ1) is 23.4. The third-order valence-corrected chi connectivity index (χ3v) is 6.09. The fourth-order valence-corrected chi connectivity index (χ4v) is 3.42. The molecule has 2 aromatic rings. The lowest BCUT2D eigenvalue weighted by Gasteiger charge is -2.13. The zero-order valence-corrected chi connectivity index (χ0v) is 19.4. The molecule has 0 saturated heterocycles. The summed E-state index contributed by atoms with van der Waals surface area (Å²) in [7, 11) is 0.751. The summed E-state index contributed by atoms with van der Waals surface area (Å²) in [5.41, 5.74) is 15.1. The summed E-state index contributed by atoms with van der Waals surface area (Å²) >= 11 is 0. The lowest BCUT2D eigenvalue weighted by Crippen LogP contribution is -2.73. The summed E-state index contributed by atoms with van der Waals surface area (Å²) in [5, 5.41) is 0. The van der Waals surface area contributed by atoms with Crippen molar-refractivity contribution < 1.29 is 19.5 Å². The molecule has 0 radical (unpaired) electrons. The van der Waals surface area contributed by atoms with E-state index >= 15 is 0 Å². The van der Waals surface area contributed by atoms with Crippen molar-refractivity contribution in [1.82, 2.24) is 0 Å². The monoisotopic (exact) mass is 426 g/mol. The second-order valence-electron chi connectivity index (χ2n) is 8.16. The Balaban J connectivity index is 2.04. The van der Waals surface area contributed by atoms with Crippen molar-refractivity contribution in [2.24, 2.45) is 5.73 Å². The normalized spacial score (nSPS) is 12.7. The molecule has 160 valence electrons. The fraction of sp³-hybridized carbons (Fsp3) is 0.304. The minimum Gasteiger partial charge on any atom is -0.457 e. The zero-order chi connectivity index (χ0) is 22.0. The van der Waals surface area contributed by atoms with E-state index in [9.17, 15) is 0 Å². The Hall–Kier alpha value is -2.90. The van der Waals surface area contributed by atoms with Gasteiger partial charge in [-0.15, -0.1) is 0 Å². The highest BCUT2D eigenvalue weighted by Crippen LogP contribution is 2.24. The maximum Gasteiger partial charge on any atom is 0.246 e. The first-order chi connectivity index (χ1) is 14.3. The van der Waals surface area contributed by atoms with Crippen molar-refractivity contribution >= 4 is 25.7 Å². The Morgan fingerprint density at radius 2 is 1.77 bits per heavy atom. The molecule has 0 aromatic heterocycles. The lowest BCUT2D eigenvalue weighted by atomic mass is 10.1. The maximum absolute atomic E-state index is 5.97. The van der Waals surface area contributed by atoms with E-state index in [-0.39, 0.29) is 0 Å². The number of nitrogens with one attached hydrogen (secondary N) is 2. The van der Waals surface area contributed by atoms with Crippen molar-refractivity contribution in [1.29, 1.82) is 0 Å². The van der Waals surface area contributed by atoms with Gasteiger partial charge in [-0.1, -0.05) is 19.6 Å². The molecule has 0 aliphatic heterocycles. The van der Waals surface area contributed by atoms with Crippen LogP contribution in [-0.2, 0) is 4.74 Å². The van der Waals surface area contributed by atoms with E-state index in [2.05, 4.69) is 29.6 Å². The molecule has 0 fully saturated rings. The van der Waals surface area contributed by atoms with Crippen LogP contribution in [0.1, 0.15) is 11.1 Å². The number of hydrogen-bond donors (Lipinski definition) is 4. The quantitative estimate of drug-likeness (QED) is 0.149. The average Bonchev–Trinajstić information content (AvgIpc) is 2.69. The third kappa shape index (κ3) is 7.85. The van der Waals surface area contributed by atoms with Crippen LogP contribution >= 0.6 is 0 Å². The summed E-state index contributed by atoms with van der Waals surface area (Å²) in [6, 6.07) is 14.5. The SMILES string of the molecule is C[NH+]=Cc1cc(Oc2ccc(C(C=CN)=[NH+]COCC[Si](C)(C)C)cc2)ccc1N. The summed E-state index contributed by atoms with van der Waals surface area (Å²) in [6.07, 6.45) is 5.18. The van der Waals surface area contributed by atoms with Gasteiger partial charge in [0.25, 0.3) is 0 Å². The van der Waals surface area contributed by atoms with Gasteiger partial charge >= 0.3 is 0 Å². The highest BCUT2D eigenvalue weighted by atomic mass is 28.3. The van der Waals surface area contributed by atoms with Crippen LogP contribution in [-0.4, -0.2) is 40.4 Å². The smallest absolute Gasteiger partial charge is 0.246 e. The number of nitrogen functional groups attached to an aromatic ring is 1. The van der Waals surface area contributed by atoms with E-state index in [1.165, 1.54) is 6.20 Å². The Bertz CT molecular complexity index is 900. The number of anilines is 1. The molecule has 0 aliphatic rings. The van der Waals surface area contributed by atoms with Crippen LogP contribution in [0.3, 0.4) is 0 Å². The second kappa shape index (κ2) is 11.3. The standard InChI is InChI=1S/C23H32N4O2Si/c1-26-16-19-15-21(9-10-22(19)25)29-20-7-5-18(6-8-20)23(11-12-24)27-17-28-13-14-30(2,3)4/h5-12,15-16H,13-14,17,24-25H2,1-4H3/p+2. The molecule has 0 bridgehead atoms. The van der Waals surface area contributed by atoms with E-state index in [1.807, 2.05) is 61.8 Å². The molecule has 30 heavy (non-hydrogen) atoms. The van der Waals surface area contributed by atoms with Gasteiger partial charge in [0.15, 0.2) is 6.21 Å². The Morgan fingerprint density at radius 3 is 2.40 bits per heavy atom. The third-order valence-electron chi connectivity index (χ3n) is 4.38. The van der Waals surface area contributed by atoms with Crippen LogP contribution in [0.15, 0.2) is 54.7 Å². The summed E-state index contributed by atoms with van der Waals surface area (Å²) in [4.78, 5) is 6.28. The molecule has 6 nitrogen and oxygen atoms in total. The van der Waals surface area contributed by atoms with E-state index < -0.39 is 8.07 Å². The van der Waals surface area contributed by atoms with Crippen LogP contribution in [0.5, 0.6) is 11.5 Å². The van der Waals surface area contributed by atoms with E-state index in [1.54, 1.807) is 0 Å². The highest BCUT2D eigenvalue weighted by molar-refractivity contribution is 6.76. The summed E-state index contributed by atoms with van der Waals surface area (Å²) in [5.74, 6) is 1.46. The minimum atomic E-state index is -1.08. The zero-order valence-electron chi connectivity index (χ0n) is 18.4. The molecule has 0 aliphatic carbocycles. The van der Waals surface area contributed by atoms with Crippen molar-refractivity contribution in [3.8, 4) is 11.5 Å². The molecule has 0 atom stereocenters. The summed E-state index contributed by atoms with van der Waals surface area (Å²) in [6.45, 7) is 8.23. The van der Waals surface area contributed by atoms with E-state index in [0.29, 0.717) is 12.4 Å². The van der Waals surface area contributed by atoms with Crippen LogP contribution in [0.25, 0.3) is 0 Å². The second-order valence-corrected chi connectivity index (χ2v) is 13.8. The van der Waals surface area contributed by atoms with Crippen LogP contribution in [0.2, 0.25) is 25.7 Å². The molecule has 7 heteroatoms. The van der Waals surface area contributed by atoms with Gasteiger partial charge < -0.3 is 20.9 Å². The van der Waals surface area contributed by atoms with Gasteiger partial charge in [0.1, 0.15) is 18.5 Å². The van der Waals surface area contributed by atoms with Gasteiger partial charge in [-0.3, -0.25) is 4.99 Å². The first-order valence-electron chi connectivity index (χ1n) is 10.1. The van der Waals surface area contributed by atoms with Gasteiger partial charge in [0.05, 0.1) is 12.2 Å². The molecule has 2 rings (SSSR count). The fourth-order valence-electron chi connectivity index (χ4n) is 2.67. The van der Waals surface area contributed by atoms with Crippen molar-refractivity contribution in [3.05, 3.63) is 65.9 Å². The van der Waals surface area contributed by atoms with Gasteiger partial charge in [-0.05, 0) is 48.5 Å². The molecule has 6 N–H and O–H groups in total. The van der Waals surface area contributed by atoms with Crippen molar-refractivity contribution in [3.63, 3.8) is 0 Å². The highest BCUT2D eigenvalue weighted by Gasteiger charge is 2.12. The molecular weight excluding hydrogens is 392 g/mol. The Kier molecular flexibility index (Phi) is 8.82. The lowest BCUT2D eigenvalue weighted by molar-refractivity contribution is -0.506. The Morgan fingerprint density at radius 1 is 1.07 bits per heavy atom. The number of nitrogens with two attached hydrogens (primary N) is 2. The van der Waals surface area contributed by atoms with Crippen molar-refractivity contribution in [2.75, 3.05) is 26.1 Å². The van der Waals surface area contributed by atoms with E-state index in [0.717, 1.165) is 41.0 Å². The number of allylic oxidation sites excluding steroid dienone is 1. The Labute approximate surface area is 180 Å². The molecule has 0 saturated carbocycles.